The van der Waals surface area contributed by atoms with Crippen LogP contribution < -0.4 is 16.0 Å². The summed E-state index contributed by atoms with van der Waals surface area (Å²) in [5.41, 5.74) is 0.403. The van der Waals surface area contributed by atoms with Gasteiger partial charge >= 0.3 is 23.8 Å². The summed E-state index contributed by atoms with van der Waals surface area (Å²) in [7, 11) is 3.75. The number of piperazine rings is 1. The Morgan fingerprint density at radius 1 is 1.08 bits per heavy atom. The molecule has 3 aliphatic rings. The Balaban J connectivity index is 0.00000134. The maximum absolute atomic E-state index is 13.3. The zero-order valence-corrected chi connectivity index (χ0v) is 23.3. The van der Waals surface area contributed by atoms with Gasteiger partial charge in [0, 0.05) is 24.4 Å². The van der Waals surface area contributed by atoms with Crippen LogP contribution >= 0.6 is 11.8 Å². The second-order valence-corrected chi connectivity index (χ2v) is 11.5. The number of carbonyl (C=O) groups is 6. The minimum absolute atomic E-state index is 0.0200. The van der Waals surface area contributed by atoms with E-state index < -0.39 is 63.9 Å². The van der Waals surface area contributed by atoms with Crippen molar-refractivity contribution in [2.24, 2.45) is 0 Å². The van der Waals surface area contributed by atoms with Gasteiger partial charge in [-0.15, -0.1) is 11.8 Å². The Kier molecular flexibility index (Phi) is 9.22. The van der Waals surface area contributed by atoms with E-state index in [0.29, 0.717) is 12.1 Å². The fourth-order valence-electron chi connectivity index (χ4n) is 4.70. The first-order chi connectivity index (χ1) is 18.4. The zero-order chi connectivity index (χ0) is 29.1. The van der Waals surface area contributed by atoms with E-state index in [1.807, 2.05) is 14.1 Å². The van der Waals surface area contributed by atoms with Gasteiger partial charge in [0.1, 0.15) is 23.5 Å². The van der Waals surface area contributed by atoms with Crippen molar-refractivity contribution in [3.8, 4) is 0 Å². The van der Waals surface area contributed by atoms with E-state index in [1.165, 1.54) is 21.6 Å². The molecular formula is C25H34N6O7S. The number of aliphatic carboxylic acids is 1. The number of thioether (sulfide) groups is 1. The molecule has 3 aliphatic heterocycles. The van der Waals surface area contributed by atoms with Gasteiger partial charge < -0.3 is 30.9 Å². The van der Waals surface area contributed by atoms with Crippen molar-refractivity contribution in [2.75, 3.05) is 33.7 Å². The molecule has 4 rings (SSSR count). The van der Waals surface area contributed by atoms with Gasteiger partial charge in [-0.25, -0.2) is 9.59 Å². The SMILES string of the molecule is CCN1CCN(C(=O)NC(C(=O)N[C@@H]2C(=O)N3[C@@H]2SC(C)(C)[C@@H]3C(=O)O)c2ccccc2)C(=O)C1=O.CNC. The number of fused-ring (bicyclic) bond motifs is 1. The second-order valence-electron chi connectivity index (χ2n) is 9.72. The van der Waals surface area contributed by atoms with Gasteiger partial charge in [0.25, 0.3) is 0 Å². The van der Waals surface area contributed by atoms with Crippen molar-refractivity contribution in [2.45, 2.75) is 49.0 Å². The van der Waals surface area contributed by atoms with E-state index in [2.05, 4.69) is 16.0 Å². The number of carbonyl (C=O) groups excluding carboxylic acids is 5. The lowest BCUT2D eigenvalue weighted by molar-refractivity contribution is -0.161. The Bertz CT molecular complexity index is 1150. The number of likely N-dealkylation sites (N-methyl/N-ethyl adjacent to an activating group) is 1. The minimum atomic E-state index is -1.26. The van der Waals surface area contributed by atoms with Gasteiger partial charge in [-0.2, -0.15) is 0 Å². The van der Waals surface area contributed by atoms with Crippen molar-refractivity contribution < 1.29 is 33.9 Å². The smallest absolute Gasteiger partial charge is 0.327 e. The molecule has 0 saturated carbocycles. The number of imide groups is 1. The topological polar surface area (TPSA) is 168 Å². The molecule has 1 aromatic rings. The highest BCUT2D eigenvalue weighted by molar-refractivity contribution is 8.01. The van der Waals surface area contributed by atoms with Crippen LogP contribution in [0.25, 0.3) is 0 Å². The van der Waals surface area contributed by atoms with E-state index in [-0.39, 0.29) is 13.1 Å². The van der Waals surface area contributed by atoms with Crippen LogP contribution in [0.5, 0.6) is 0 Å². The summed E-state index contributed by atoms with van der Waals surface area (Å²) in [4.78, 5) is 78.8. The molecule has 1 unspecified atom stereocenters. The summed E-state index contributed by atoms with van der Waals surface area (Å²) >= 11 is 1.28. The van der Waals surface area contributed by atoms with E-state index in [1.54, 1.807) is 51.1 Å². The fourth-order valence-corrected chi connectivity index (χ4v) is 6.32. The van der Waals surface area contributed by atoms with Crippen molar-refractivity contribution in [1.82, 2.24) is 30.7 Å². The first-order valence-electron chi connectivity index (χ1n) is 12.5. The largest absolute Gasteiger partial charge is 0.480 e. The van der Waals surface area contributed by atoms with Gasteiger partial charge in [0.05, 0.1) is 0 Å². The van der Waals surface area contributed by atoms with Crippen LogP contribution in [0.2, 0.25) is 0 Å². The average Bonchev–Trinajstić information content (AvgIpc) is 3.15. The molecule has 3 saturated heterocycles. The molecule has 13 nitrogen and oxygen atoms in total. The first kappa shape index (κ1) is 29.9. The third-order valence-corrected chi connectivity index (χ3v) is 8.14. The number of carboxylic acid groups (broad SMARTS) is 1. The van der Waals surface area contributed by atoms with Crippen molar-refractivity contribution in [3.63, 3.8) is 0 Å². The number of nitrogens with one attached hydrogen (secondary N) is 3. The minimum Gasteiger partial charge on any atom is -0.480 e. The molecule has 0 aromatic heterocycles. The van der Waals surface area contributed by atoms with Gasteiger partial charge in [0.15, 0.2) is 0 Å². The Hall–Kier alpha value is -3.65. The van der Waals surface area contributed by atoms with Crippen molar-refractivity contribution >= 4 is 47.4 Å². The van der Waals surface area contributed by atoms with E-state index in [9.17, 15) is 33.9 Å². The van der Waals surface area contributed by atoms with E-state index >= 15 is 0 Å². The number of benzene rings is 1. The molecule has 1 aromatic carbocycles. The summed E-state index contributed by atoms with van der Waals surface area (Å²) in [6.45, 7) is 5.67. The zero-order valence-electron chi connectivity index (χ0n) is 22.5. The highest BCUT2D eigenvalue weighted by Gasteiger charge is 2.64. The third kappa shape index (κ3) is 5.86. The van der Waals surface area contributed by atoms with Crippen LogP contribution in [0.1, 0.15) is 32.4 Å². The second kappa shape index (κ2) is 12.0. The molecule has 14 heteroatoms. The van der Waals surface area contributed by atoms with Crippen LogP contribution in [0.15, 0.2) is 30.3 Å². The number of rotatable bonds is 6. The highest BCUT2D eigenvalue weighted by atomic mass is 32.2. The average molecular weight is 563 g/mol. The van der Waals surface area contributed by atoms with Gasteiger partial charge in [-0.05, 0) is 40.4 Å². The van der Waals surface area contributed by atoms with Crippen LogP contribution in [-0.2, 0) is 24.0 Å². The van der Waals surface area contributed by atoms with E-state index in [0.717, 1.165) is 4.90 Å². The van der Waals surface area contributed by atoms with Crippen LogP contribution in [0.3, 0.4) is 0 Å². The molecule has 4 atom stereocenters. The fraction of sp³-hybridized carbons (Fsp3) is 0.520. The van der Waals surface area contributed by atoms with Crippen LogP contribution in [0, 0.1) is 0 Å². The number of hydrogen-bond acceptors (Lipinski definition) is 8. The van der Waals surface area contributed by atoms with Gasteiger partial charge in [0.2, 0.25) is 11.8 Å². The number of nitrogens with zero attached hydrogens (tertiary/aromatic N) is 3. The van der Waals surface area contributed by atoms with Gasteiger partial charge in [-0.3, -0.25) is 24.1 Å². The molecule has 0 bridgehead atoms. The third-order valence-electron chi connectivity index (χ3n) is 6.57. The van der Waals surface area contributed by atoms with Crippen LogP contribution in [-0.4, -0.2) is 111 Å². The maximum Gasteiger partial charge on any atom is 0.327 e. The predicted octanol–water partition coefficient (Wildman–Crippen LogP) is -0.405. The molecule has 0 spiro atoms. The Labute approximate surface area is 230 Å². The molecular weight excluding hydrogens is 528 g/mol. The normalized spacial score (nSPS) is 24.2. The lowest BCUT2D eigenvalue weighted by Gasteiger charge is -2.44. The highest BCUT2D eigenvalue weighted by Crippen LogP contribution is 2.50. The van der Waals surface area contributed by atoms with Crippen LogP contribution in [0.4, 0.5) is 4.79 Å². The standard InChI is InChI=1S/C23H27N5O7S.C2H7N/c1-4-26-10-11-27(19(32)18(26)31)22(35)25-13(12-8-6-5-7-9-12)16(29)24-14-17(30)28-15(21(33)34)23(2,3)36-20(14)28;1-3-2/h5-9,13-15,20H,4,10-11H2,1-3H3,(H,24,29)(H,25,35)(H,33,34);3H,1-2H3/t13?,14-,15+,20-;/m1./s1. The molecule has 3 heterocycles. The number of carboxylic acids is 1. The lowest BCUT2D eigenvalue weighted by atomic mass is 9.95. The molecule has 3 fully saturated rings. The number of amides is 6. The molecule has 0 aliphatic carbocycles. The molecule has 6 amide bonds. The summed E-state index contributed by atoms with van der Waals surface area (Å²) < 4.78 is -0.758. The van der Waals surface area contributed by atoms with E-state index in [4.69, 9.17) is 0 Å². The summed E-state index contributed by atoms with van der Waals surface area (Å²) in [5.74, 6) is -4.12. The summed E-state index contributed by atoms with van der Waals surface area (Å²) in [6.07, 6.45) is 0. The van der Waals surface area contributed by atoms with Crippen molar-refractivity contribution in [3.05, 3.63) is 35.9 Å². The molecule has 39 heavy (non-hydrogen) atoms. The number of β-lactam (4-membered cyclic amide) rings is 1. The predicted molar refractivity (Wildman–Crippen MR) is 142 cm³/mol. The quantitative estimate of drug-likeness (QED) is 0.266. The van der Waals surface area contributed by atoms with Gasteiger partial charge in [-0.1, -0.05) is 30.3 Å². The Morgan fingerprint density at radius 2 is 1.69 bits per heavy atom. The number of urea groups is 1. The summed E-state index contributed by atoms with van der Waals surface area (Å²) in [5, 5.41) is 16.9. The molecule has 4 N–H and O–H groups in total. The number of hydrogen-bond donors (Lipinski definition) is 4. The lowest BCUT2D eigenvalue weighted by Crippen LogP contribution is -2.71. The summed E-state index contributed by atoms with van der Waals surface area (Å²) in [6, 6.07) is 4.11. The maximum atomic E-state index is 13.3. The molecule has 212 valence electrons. The van der Waals surface area contributed by atoms with Crippen molar-refractivity contribution in [1.29, 1.82) is 0 Å². The molecule has 0 radical (unpaired) electrons. The first-order valence-corrected chi connectivity index (χ1v) is 13.3. The monoisotopic (exact) mass is 562 g/mol. The Morgan fingerprint density at radius 3 is 2.26 bits per heavy atom.